The first kappa shape index (κ1) is 16.6. The zero-order chi connectivity index (χ0) is 16.7. The molecule has 2 aromatic rings. The maximum absolute atomic E-state index is 12.2. The van der Waals surface area contributed by atoms with Gasteiger partial charge < -0.3 is 8.75 Å². The second kappa shape index (κ2) is 5.79. The van der Waals surface area contributed by atoms with E-state index >= 15 is 0 Å². The van der Waals surface area contributed by atoms with Gasteiger partial charge in [-0.05, 0) is 18.2 Å². The van der Waals surface area contributed by atoms with Gasteiger partial charge in [0.25, 0.3) is 5.56 Å². The third-order valence-corrected chi connectivity index (χ3v) is 4.53. The van der Waals surface area contributed by atoms with E-state index in [-0.39, 0.29) is 10.8 Å². The van der Waals surface area contributed by atoms with Gasteiger partial charge in [-0.25, -0.2) is 4.79 Å². The van der Waals surface area contributed by atoms with Crippen molar-refractivity contribution in [3.63, 3.8) is 0 Å². The Balaban J connectivity index is 2.57. The Morgan fingerprint density at radius 2 is 1.77 bits per heavy atom. The molecule has 7 nitrogen and oxygen atoms in total. The first-order chi connectivity index (χ1) is 10.1. The van der Waals surface area contributed by atoms with Gasteiger partial charge >= 0.3 is 15.8 Å². The molecule has 0 aliphatic heterocycles. The van der Waals surface area contributed by atoms with Crippen LogP contribution in [0.1, 0.15) is 0 Å². The number of rotatable bonds is 3. The average Bonchev–Trinajstić information content (AvgIpc) is 2.43. The largest absolute Gasteiger partial charge is 0.377 e. The van der Waals surface area contributed by atoms with Crippen LogP contribution in [0.25, 0.3) is 0 Å². The fourth-order valence-corrected chi connectivity index (χ4v) is 3.25. The molecule has 118 valence electrons. The molecule has 0 radical (unpaired) electrons. The van der Waals surface area contributed by atoms with Crippen LogP contribution < -0.4 is 15.4 Å². The molecular weight excluding hydrogens is 355 g/mol. The van der Waals surface area contributed by atoms with E-state index in [0.29, 0.717) is 9.59 Å². The fraction of sp³-hybridized carbons (Fsp3) is 0.167. The maximum atomic E-state index is 12.2. The maximum Gasteiger partial charge on any atom is 0.346 e. The summed E-state index contributed by atoms with van der Waals surface area (Å²) in [5.41, 5.74) is -1.65. The Labute approximate surface area is 135 Å². The van der Waals surface area contributed by atoms with Crippen molar-refractivity contribution in [3.05, 3.63) is 55.3 Å². The van der Waals surface area contributed by atoms with Crippen molar-refractivity contribution in [2.24, 2.45) is 14.1 Å². The minimum absolute atomic E-state index is 0.0299. The lowest BCUT2D eigenvalue weighted by Gasteiger charge is -2.10. The van der Waals surface area contributed by atoms with Gasteiger partial charge in [-0.1, -0.05) is 23.2 Å². The highest BCUT2D eigenvalue weighted by Gasteiger charge is 2.24. The zero-order valence-electron chi connectivity index (χ0n) is 11.4. The van der Waals surface area contributed by atoms with Crippen LogP contribution in [0.3, 0.4) is 0 Å². The molecule has 0 saturated heterocycles. The molecule has 0 bridgehead atoms. The summed E-state index contributed by atoms with van der Waals surface area (Å²) < 4.78 is 30.9. The molecule has 0 aliphatic rings. The molecule has 0 aliphatic carbocycles. The first-order valence-electron chi connectivity index (χ1n) is 5.79. The van der Waals surface area contributed by atoms with Crippen LogP contribution in [0.2, 0.25) is 10.0 Å². The standard InChI is InChI=1S/C12H10Cl2N2O5S/c1-15-6-10(11(17)16(2)12(15)18)22(19,20)21-9-4-3-7(13)5-8(9)14/h3-6H,1-2H3. The summed E-state index contributed by atoms with van der Waals surface area (Å²) in [7, 11) is -1.98. The van der Waals surface area contributed by atoms with Crippen molar-refractivity contribution >= 4 is 33.3 Å². The van der Waals surface area contributed by atoms with Crippen LogP contribution in [-0.4, -0.2) is 17.6 Å². The van der Waals surface area contributed by atoms with Crippen molar-refractivity contribution in [3.8, 4) is 5.75 Å². The van der Waals surface area contributed by atoms with Gasteiger partial charge in [0, 0.05) is 25.3 Å². The number of nitrogens with zero attached hydrogens (tertiary/aromatic N) is 2. The van der Waals surface area contributed by atoms with Gasteiger partial charge in [0.05, 0.1) is 5.02 Å². The Kier molecular flexibility index (Phi) is 4.37. The molecule has 22 heavy (non-hydrogen) atoms. The van der Waals surface area contributed by atoms with Crippen LogP contribution in [0.15, 0.2) is 38.9 Å². The predicted octanol–water partition coefficient (Wildman–Crippen LogP) is 1.16. The van der Waals surface area contributed by atoms with Gasteiger partial charge in [-0.3, -0.25) is 9.36 Å². The number of hydrogen-bond acceptors (Lipinski definition) is 5. The summed E-state index contributed by atoms with van der Waals surface area (Å²) in [6.45, 7) is 0. The van der Waals surface area contributed by atoms with Crippen LogP contribution in [0.4, 0.5) is 0 Å². The highest BCUT2D eigenvalue weighted by Crippen LogP contribution is 2.29. The van der Waals surface area contributed by atoms with Gasteiger partial charge in [0.1, 0.15) is 0 Å². The molecule has 10 heteroatoms. The van der Waals surface area contributed by atoms with Gasteiger partial charge in [0.2, 0.25) is 0 Å². The van der Waals surface area contributed by atoms with Gasteiger partial charge in [-0.2, -0.15) is 8.42 Å². The molecular formula is C12H10Cl2N2O5S. The molecule has 1 aromatic heterocycles. The van der Waals surface area contributed by atoms with Crippen LogP contribution in [0.5, 0.6) is 5.75 Å². The molecule has 2 rings (SSSR count). The van der Waals surface area contributed by atoms with Gasteiger partial charge in [0.15, 0.2) is 10.6 Å². The molecule has 0 fully saturated rings. The highest BCUT2D eigenvalue weighted by molar-refractivity contribution is 7.87. The number of benzene rings is 1. The Morgan fingerprint density at radius 1 is 1.14 bits per heavy atom. The van der Waals surface area contributed by atoms with Crippen molar-refractivity contribution < 1.29 is 12.6 Å². The zero-order valence-corrected chi connectivity index (χ0v) is 13.7. The van der Waals surface area contributed by atoms with E-state index in [9.17, 15) is 18.0 Å². The van der Waals surface area contributed by atoms with E-state index in [4.69, 9.17) is 27.4 Å². The minimum Gasteiger partial charge on any atom is -0.377 e. The number of halogens is 2. The topological polar surface area (TPSA) is 87.4 Å². The predicted molar refractivity (Wildman–Crippen MR) is 81.2 cm³/mol. The third-order valence-electron chi connectivity index (χ3n) is 2.78. The van der Waals surface area contributed by atoms with Crippen molar-refractivity contribution in [2.45, 2.75) is 4.90 Å². The van der Waals surface area contributed by atoms with Crippen LogP contribution >= 0.6 is 23.2 Å². The molecule has 0 amide bonds. The quantitative estimate of drug-likeness (QED) is 0.762. The fourth-order valence-electron chi connectivity index (χ4n) is 1.65. The van der Waals surface area contributed by atoms with Crippen molar-refractivity contribution in [1.29, 1.82) is 0 Å². The molecule has 0 atom stereocenters. The number of aryl methyl sites for hydroxylation is 1. The lowest BCUT2D eigenvalue weighted by atomic mass is 10.3. The molecule has 1 heterocycles. The van der Waals surface area contributed by atoms with E-state index in [0.717, 1.165) is 10.8 Å². The summed E-state index contributed by atoms with van der Waals surface area (Å²) in [5, 5.41) is 0.269. The summed E-state index contributed by atoms with van der Waals surface area (Å²) in [6, 6.07) is 3.94. The number of hydrogen-bond donors (Lipinski definition) is 0. The van der Waals surface area contributed by atoms with Gasteiger partial charge in [-0.15, -0.1) is 0 Å². The molecule has 0 N–H and O–H groups in total. The van der Waals surface area contributed by atoms with Crippen molar-refractivity contribution in [2.75, 3.05) is 0 Å². The van der Waals surface area contributed by atoms with Crippen LogP contribution in [0, 0.1) is 0 Å². The second-order valence-corrected chi connectivity index (χ2v) is 6.72. The molecule has 0 spiro atoms. The average molecular weight is 365 g/mol. The summed E-state index contributed by atoms with van der Waals surface area (Å²) in [4.78, 5) is 22.8. The third kappa shape index (κ3) is 3.03. The molecule has 0 saturated carbocycles. The first-order valence-corrected chi connectivity index (χ1v) is 7.96. The smallest absolute Gasteiger partial charge is 0.346 e. The Hall–Kier alpha value is -1.77. The minimum atomic E-state index is -4.46. The monoisotopic (exact) mass is 364 g/mol. The van der Waals surface area contributed by atoms with E-state index < -0.39 is 26.3 Å². The van der Waals surface area contributed by atoms with Crippen LogP contribution in [-0.2, 0) is 24.2 Å². The Bertz CT molecular complexity index is 962. The highest BCUT2D eigenvalue weighted by atomic mass is 35.5. The van der Waals surface area contributed by atoms with E-state index in [1.165, 1.54) is 32.3 Å². The van der Waals surface area contributed by atoms with E-state index in [2.05, 4.69) is 0 Å². The Morgan fingerprint density at radius 3 is 2.36 bits per heavy atom. The van der Waals surface area contributed by atoms with E-state index in [1.807, 2.05) is 0 Å². The lowest BCUT2D eigenvalue weighted by molar-refractivity contribution is 0.480. The van der Waals surface area contributed by atoms with Crippen molar-refractivity contribution in [1.82, 2.24) is 9.13 Å². The SMILES string of the molecule is Cn1cc(S(=O)(=O)Oc2ccc(Cl)cc2Cl)c(=O)n(C)c1=O. The summed E-state index contributed by atoms with van der Waals surface area (Å²) >= 11 is 11.5. The molecule has 1 aromatic carbocycles. The second-order valence-electron chi connectivity index (χ2n) is 4.36. The summed E-state index contributed by atoms with van der Waals surface area (Å²) in [6.07, 6.45) is 0.893. The van der Waals surface area contributed by atoms with E-state index in [1.54, 1.807) is 0 Å². The normalized spacial score (nSPS) is 11.5. The number of aromatic nitrogens is 2. The molecule has 0 unspecified atom stereocenters. The summed E-state index contributed by atoms with van der Waals surface area (Å²) in [5.74, 6) is -0.179. The lowest BCUT2D eigenvalue weighted by Crippen LogP contribution is -2.39.